The molecule has 3 rings (SSSR count). The molecule has 2 heterocycles. The van der Waals surface area contributed by atoms with Gasteiger partial charge in [0.15, 0.2) is 6.10 Å². The van der Waals surface area contributed by atoms with Gasteiger partial charge in [-0.2, -0.15) is 0 Å². The zero-order valence-electron chi connectivity index (χ0n) is 20.2. The fourth-order valence-corrected chi connectivity index (χ4v) is 5.64. The van der Waals surface area contributed by atoms with Crippen LogP contribution < -0.4 is 0 Å². The first-order chi connectivity index (χ1) is 15.0. The second-order valence-electron chi connectivity index (χ2n) is 9.80. The predicted octanol–water partition coefficient (Wildman–Crippen LogP) is 4.64. The van der Waals surface area contributed by atoms with E-state index in [-0.39, 0.29) is 11.9 Å². The molecule has 0 aliphatic carbocycles. The van der Waals surface area contributed by atoms with Gasteiger partial charge in [-0.05, 0) is 105 Å². The van der Waals surface area contributed by atoms with Gasteiger partial charge in [-0.3, -0.25) is 4.79 Å². The van der Waals surface area contributed by atoms with Crippen molar-refractivity contribution in [3.8, 4) is 0 Å². The lowest BCUT2D eigenvalue weighted by Gasteiger charge is -2.36. The first-order valence-electron chi connectivity index (χ1n) is 11.5. The molecule has 6 nitrogen and oxygen atoms in total. The highest BCUT2D eigenvalue weighted by Gasteiger charge is 2.36. The molecule has 7 heteroatoms. The lowest BCUT2D eigenvalue weighted by Crippen LogP contribution is -2.41. The topological polar surface area (TPSA) is 65.1 Å². The molecule has 1 saturated heterocycles. The SMILES string of the molecule is CCOC(=O)[C@@H](OC(C)(C)C)c1c(C)c2c(c(C)c1I)CN(CC1CCOCC1)C(=O)C2. The van der Waals surface area contributed by atoms with Crippen molar-refractivity contribution in [1.29, 1.82) is 0 Å². The highest BCUT2D eigenvalue weighted by molar-refractivity contribution is 14.1. The molecule has 0 aromatic heterocycles. The minimum Gasteiger partial charge on any atom is -0.464 e. The first-order valence-corrected chi connectivity index (χ1v) is 12.6. The first kappa shape index (κ1) is 25.4. The fraction of sp³-hybridized carbons (Fsp3) is 0.680. The number of fused-ring (bicyclic) bond motifs is 1. The third-order valence-corrected chi connectivity index (χ3v) is 7.71. The molecule has 32 heavy (non-hydrogen) atoms. The van der Waals surface area contributed by atoms with Crippen LogP contribution in [0.15, 0.2) is 0 Å². The third-order valence-electron chi connectivity index (χ3n) is 6.32. The maximum absolute atomic E-state index is 13.1. The van der Waals surface area contributed by atoms with Crippen molar-refractivity contribution < 1.29 is 23.8 Å². The Bertz CT molecular complexity index is 870. The van der Waals surface area contributed by atoms with E-state index in [0.717, 1.165) is 58.4 Å². The van der Waals surface area contributed by atoms with Gasteiger partial charge in [0.25, 0.3) is 0 Å². The number of amides is 1. The van der Waals surface area contributed by atoms with Gasteiger partial charge in [-0.1, -0.05) is 0 Å². The second-order valence-corrected chi connectivity index (χ2v) is 10.9. The third kappa shape index (κ3) is 5.65. The van der Waals surface area contributed by atoms with Crippen LogP contribution in [0.25, 0.3) is 0 Å². The Kier molecular flexibility index (Phi) is 8.25. The number of rotatable bonds is 6. The molecule has 2 aliphatic rings. The summed E-state index contributed by atoms with van der Waals surface area (Å²) in [4.78, 5) is 28.0. The van der Waals surface area contributed by atoms with Gasteiger partial charge in [-0.25, -0.2) is 4.79 Å². The summed E-state index contributed by atoms with van der Waals surface area (Å²) in [7, 11) is 0. The van der Waals surface area contributed by atoms with E-state index in [4.69, 9.17) is 14.2 Å². The van der Waals surface area contributed by atoms with E-state index in [0.29, 0.717) is 25.5 Å². The summed E-state index contributed by atoms with van der Waals surface area (Å²) in [5.74, 6) is 0.275. The summed E-state index contributed by atoms with van der Waals surface area (Å²) in [6.07, 6.45) is 1.56. The summed E-state index contributed by atoms with van der Waals surface area (Å²) in [5, 5.41) is 0. The molecule has 1 atom stereocenters. The quantitative estimate of drug-likeness (QED) is 0.377. The lowest BCUT2D eigenvalue weighted by molar-refractivity contribution is -0.167. The molecule has 1 fully saturated rings. The van der Waals surface area contributed by atoms with E-state index in [1.54, 1.807) is 6.92 Å². The molecule has 1 aromatic carbocycles. The lowest BCUT2D eigenvalue weighted by atomic mass is 9.85. The van der Waals surface area contributed by atoms with E-state index in [1.165, 1.54) is 5.56 Å². The van der Waals surface area contributed by atoms with Gasteiger partial charge in [0.2, 0.25) is 5.91 Å². The predicted molar refractivity (Wildman–Crippen MR) is 132 cm³/mol. The fourth-order valence-electron chi connectivity index (χ4n) is 4.62. The number of carbonyl (C=O) groups excluding carboxylic acids is 2. The number of carbonyl (C=O) groups is 2. The average Bonchev–Trinajstić information content (AvgIpc) is 2.72. The molecule has 0 saturated carbocycles. The van der Waals surface area contributed by atoms with Crippen molar-refractivity contribution in [3.05, 3.63) is 31.4 Å². The molecule has 178 valence electrons. The van der Waals surface area contributed by atoms with Gasteiger partial charge in [-0.15, -0.1) is 0 Å². The number of hydrogen-bond acceptors (Lipinski definition) is 5. The normalized spacial score (nSPS) is 18.5. The minimum atomic E-state index is -0.818. The van der Waals surface area contributed by atoms with Crippen LogP contribution in [0.3, 0.4) is 0 Å². The summed E-state index contributed by atoms with van der Waals surface area (Å²) < 4.78 is 18.1. The second kappa shape index (κ2) is 10.4. The van der Waals surface area contributed by atoms with Gasteiger partial charge >= 0.3 is 5.97 Å². The van der Waals surface area contributed by atoms with Crippen molar-refractivity contribution in [1.82, 2.24) is 4.90 Å². The highest BCUT2D eigenvalue weighted by atomic mass is 127. The number of hydrogen-bond donors (Lipinski definition) is 0. The van der Waals surface area contributed by atoms with E-state index in [1.807, 2.05) is 32.6 Å². The van der Waals surface area contributed by atoms with E-state index >= 15 is 0 Å². The van der Waals surface area contributed by atoms with Crippen molar-refractivity contribution in [2.24, 2.45) is 5.92 Å². The monoisotopic (exact) mass is 557 g/mol. The molecule has 0 radical (unpaired) electrons. The zero-order chi connectivity index (χ0) is 23.6. The van der Waals surface area contributed by atoms with Crippen LogP contribution in [0.2, 0.25) is 0 Å². The van der Waals surface area contributed by atoms with Gasteiger partial charge in [0.05, 0.1) is 18.6 Å². The highest BCUT2D eigenvalue weighted by Crippen LogP contribution is 2.39. The molecule has 0 N–H and O–H groups in total. The maximum Gasteiger partial charge on any atom is 0.340 e. The summed E-state index contributed by atoms with van der Waals surface area (Å²) in [6.45, 7) is 15.0. The van der Waals surface area contributed by atoms with Crippen molar-refractivity contribution >= 4 is 34.5 Å². The maximum atomic E-state index is 13.1. The molecule has 0 unspecified atom stereocenters. The van der Waals surface area contributed by atoms with Crippen LogP contribution in [0.4, 0.5) is 0 Å². The van der Waals surface area contributed by atoms with E-state index in [9.17, 15) is 9.59 Å². The van der Waals surface area contributed by atoms with E-state index < -0.39 is 11.7 Å². The van der Waals surface area contributed by atoms with Gasteiger partial charge in [0.1, 0.15) is 0 Å². The van der Waals surface area contributed by atoms with E-state index in [2.05, 4.69) is 29.5 Å². The number of benzene rings is 1. The molecular weight excluding hydrogens is 521 g/mol. The Morgan fingerprint density at radius 2 is 1.84 bits per heavy atom. The standard InChI is InChI=1S/C25H36INO5/c1-7-31-24(29)23(32-25(4,5)6)21-15(2)18-12-20(28)27(13-17-8-10-30-11-9-17)14-19(18)16(3)22(21)26/h17,23H,7-14H2,1-6H3/t23-/m0/s1. The average molecular weight is 557 g/mol. The number of nitrogens with zero attached hydrogens (tertiary/aromatic N) is 1. The minimum absolute atomic E-state index is 0.156. The van der Waals surface area contributed by atoms with Gasteiger partial charge < -0.3 is 19.1 Å². The molecule has 0 spiro atoms. The Labute approximate surface area is 205 Å². The van der Waals surface area contributed by atoms with Crippen LogP contribution in [-0.4, -0.2) is 48.7 Å². The summed E-state index contributed by atoms with van der Waals surface area (Å²) in [6, 6.07) is 0. The van der Waals surface area contributed by atoms with Crippen molar-refractivity contribution in [2.45, 2.75) is 79.1 Å². The summed E-state index contributed by atoms with van der Waals surface area (Å²) >= 11 is 2.33. The Hall–Kier alpha value is -1.19. The van der Waals surface area contributed by atoms with Gasteiger partial charge in [0, 0.05) is 35.4 Å². The number of halogens is 1. The Balaban J connectivity index is 1.98. The van der Waals surface area contributed by atoms with Crippen molar-refractivity contribution in [3.63, 3.8) is 0 Å². The molecule has 2 aliphatic heterocycles. The summed E-state index contributed by atoms with van der Waals surface area (Å²) in [5.41, 5.74) is 4.65. The van der Waals surface area contributed by atoms with Crippen LogP contribution >= 0.6 is 22.6 Å². The molecule has 1 aromatic rings. The largest absolute Gasteiger partial charge is 0.464 e. The van der Waals surface area contributed by atoms with Crippen LogP contribution in [0.1, 0.15) is 74.5 Å². The van der Waals surface area contributed by atoms with Crippen molar-refractivity contribution in [2.75, 3.05) is 26.4 Å². The van der Waals surface area contributed by atoms with Crippen LogP contribution in [0, 0.1) is 23.3 Å². The smallest absolute Gasteiger partial charge is 0.340 e. The molecular formula is C25H36INO5. The molecule has 0 bridgehead atoms. The Morgan fingerprint density at radius 1 is 1.19 bits per heavy atom. The molecule has 1 amide bonds. The number of esters is 1. The van der Waals surface area contributed by atoms with Crippen LogP contribution in [-0.2, 0) is 36.8 Å². The van der Waals surface area contributed by atoms with Crippen LogP contribution in [0.5, 0.6) is 0 Å². The zero-order valence-corrected chi connectivity index (χ0v) is 22.3. The Morgan fingerprint density at radius 3 is 2.44 bits per heavy atom. The number of ether oxygens (including phenoxy) is 3.